The third-order valence-electron chi connectivity index (χ3n) is 5.65. The molecule has 0 aliphatic carbocycles. The lowest BCUT2D eigenvalue weighted by molar-refractivity contribution is -0.146. The summed E-state index contributed by atoms with van der Waals surface area (Å²) in [5.74, 6) is -1.03. The molecule has 0 saturated carbocycles. The molecule has 0 radical (unpaired) electrons. The van der Waals surface area contributed by atoms with Crippen molar-refractivity contribution in [3.05, 3.63) is 40.0 Å². The van der Waals surface area contributed by atoms with Crippen molar-refractivity contribution in [2.45, 2.75) is 44.6 Å². The second-order valence-electron chi connectivity index (χ2n) is 7.65. The number of aliphatic hydroxyl groups excluding tert-OH is 1. The van der Waals surface area contributed by atoms with Crippen molar-refractivity contribution in [2.75, 3.05) is 18.1 Å². The normalized spacial score (nSPS) is 30.9. The largest absolute Gasteiger partial charge is 0.396 e. The van der Waals surface area contributed by atoms with Crippen LogP contribution in [0, 0.1) is 15.4 Å². The quantitative estimate of drug-likeness (QED) is 0.523. The number of carbonyl (C=O) groups is 1. The number of anilines is 1. The van der Waals surface area contributed by atoms with E-state index in [1.54, 1.807) is 11.0 Å². The van der Waals surface area contributed by atoms with E-state index in [1.807, 2.05) is 25.1 Å². The van der Waals surface area contributed by atoms with E-state index in [2.05, 4.69) is 29.2 Å². The maximum atomic E-state index is 15.1. The number of carbonyl (C=O) groups excluding carboxylic acids is 1. The molecule has 6 heteroatoms. The Morgan fingerprint density at radius 1 is 1.50 bits per heavy atom. The molecule has 1 N–H and O–H groups in total. The number of rotatable bonds is 5. The number of nitrogens with zero attached hydrogens (tertiary/aromatic N) is 1. The molecule has 1 saturated heterocycles. The van der Waals surface area contributed by atoms with E-state index in [4.69, 9.17) is 4.74 Å². The van der Waals surface area contributed by atoms with Crippen LogP contribution in [-0.4, -0.2) is 35.9 Å². The first-order valence-electron chi connectivity index (χ1n) is 8.89. The summed E-state index contributed by atoms with van der Waals surface area (Å²) in [4.78, 5) is 15.2. The van der Waals surface area contributed by atoms with Crippen LogP contribution in [0.3, 0.4) is 0 Å². The third kappa shape index (κ3) is 2.81. The fraction of sp³-hybridized carbons (Fsp3) is 0.550. The summed E-state index contributed by atoms with van der Waals surface area (Å²) in [6.07, 6.45) is 1.46. The van der Waals surface area contributed by atoms with Crippen molar-refractivity contribution in [3.8, 4) is 0 Å². The topological polar surface area (TPSA) is 49.8 Å². The summed E-state index contributed by atoms with van der Waals surface area (Å²) in [7, 11) is 0. The SMILES string of the molecule is C=CCN1C(=O)[C@]2(O[C@H](CCO)[C@@H](C(C)(C)F)[C@@H]2C)c2cc(I)ccc21. The van der Waals surface area contributed by atoms with Gasteiger partial charge in [-0.3, -0.25) is 4.79 Å². The Hall–Kier alpha value is -0.990. The van der Waals surface area contributed by atoms with Crippen LogP contribution in [0.4, 0.5) is 10.1 Å². The maximum absolute atomic E-state index is 15.1. The van der Waals surface area contributed by atoms with E-state index in [1.165, 1.54) is 13.8 Å². The van der Waals surface area contributed by atoms with Gasteiger partial charge in [-0.25, -0.2) is 4.39 Å². The zero-order valence-corrected chi connectivity index (χ0v) is 17.5. The number of amides is 1. The molecule has 1 amide bonds. The Balaban J connectivity index is 2.18. The molecule has 1 aromatic rings. The summed E-state index contributed by atoms with van der Waals surface area (Å²) in [6.45, 7) is 8.96. The predicted octanol–water partition coefficient (Wildman–Crippen LogP) is 3.80. The number of ether oxygens (including phenoxy) is 1. The highest BCUT2D eigenvalue weighted by Crippen LogP contribution is 2.58. The molecule has 2 aliphatic heterocycles. The van der Waals surface area contributed by atoms with Crippen LogP contribution in [0.2, 0.25) is 0 Å². The summed E-state index contributed by atoms with van der Waals surface area (Å²) < 4.78 is 22.4. The fourth-order valence-corrected chi connectivity index (χ4v) is 5.22. The van der Waals surface area contributed by atoms with Crippen molar-refractivity contribution in [1.29, 1.82) is 0 Å². The van der Waals surface area contributed by atoms with E-state index >= 15 is 4.39 Å². The molecule has 1 fully saturated rings. The summed E-state index contributed by atoms with van der Waals surface area (Å²) in [5, 5.41) is 9.46. The lowest BCUT2D eigenvalue weighted by Gasteiger charge is -2.32. The molecule has 2 heterocycles. The zero-order chi connectivity index (χ0) is 19.3. The van der Waals surface area contributed by atoms with Crippen LogP contribution >= 0.6 is 22.6 Å². The first-order chi connectivity index (χ1) is 12.2. The van der Waals surface area contributed by atoms with Gasteiger partial charge in [-0.1, -0.05) is 13.0 Å². The highest BCUT2D eigenvalue weighted by molar-refractivity contribution is 14.1. The van der Waals surface area contributed by atoms with Crippen LogP contribution in [0.5, 0.6) is 0 Å². The predicted molar refractivity (Wildman–Crippen MR) is 108 cm³/mol. The van der Waals surface area contributed by atoms with Gasteiger partial charge in [-0.05, 0) is 61.1 Å². The van der Waals surface area contributed by atoms with Gasteiger partial charge in [-0.15, -0.1) is 6.58 Å². The highest BCUT2D eigenvalue weighted by atomic mass is 127. The standard InChI is InChI=1S/C20H25FINO3/c1-5-9-23-15-7-6-13(22)11-14(15)20(18(23)25)12(2)17(19(3,4)21)16(26-20)8-10-24/h5-7,11-12,16-17,24H,1,8-10H2,2-4H3/t12-,16+,17-,20+/m0/s1. The van der Waals surface area contributed by atoms with Crippen LogP contribution in [0.25, 0.3) is 0 Å². The van der Waals surface area contributed by atoms with Gasteiger partial charge < -0.3 is 14.7 Å². The monoisotopic (exact) mass is 473 g/mol. The molecular weight excluding hydrogens is 448 g/mol. The Bertz CT molecular complexity index is 732. The van der Waals surface area contributed by atoms with E-state index < -0.39 is 23.3 Å². The molecule has 3 rings (SSSR count). The summed E-state index contributed by atoms with van der Waals surface area (Å²) >= 11 is 2.21. The molecule has 4 nitrogen and oxygen atoms in total. The van der Waals surface area contributed by atoms with Gasteiger partial charge in [0.05, 0.1) is 11.8 Å². The number of hydrogen-bond acceptors (Lipinski definition) is 3. The Kier molecular flexibility index (Phi) is 5.22. The second-order valence-corrected chi connectivity index (χ2v) is 8.89. The number of aliphatic hydroxyl groups is 1. The average Bonchev–Trinajstić information content (AvgIpc) is 2.96. The van der Waals surface area contributed by atoms with Crippen LogP contribution in [0.1, 0.15) is 32.8 Å². The minimum atomic E-state index is -1.53. The molecule has 0 unspecified atom stereocenters. The third-order valence-corrected chi connectivity index (χ3v) is 6.32. The van der Waals surface area contributed by atoms with Crippen LogP contribution in [-0.2, 0) is 15.1 Å². The Morgan fingerprint density at radius 2 is 2.19 bits per heavy atom. The first kappa shape index (κ1) is 19.8. The summed E-state index contributed by atoms with van der Waals surface area (Å²) in [5.41, 5.74) is -1.16. The van der Waals surface area contributed by atoms with Gasteiger partial charge in [0.1, 0.15) is 5.67 Å². The highest BCUT2D eigenvalue weighted by Gasteiger charge is 2.65. The van der Waals surface area contributed by atoms with E-state index in [9.17, 15) is 9.90 Å². The van der Waals surface area contributed by atoms with Crippen molar-refractivity contribution < 1.29 is 19.0 Å². The molecule has 0 bridgehead atoms. The minimum absolute atomic E-state index is 0.107. The zero-order valence-electron chi connectivity index (χ0n) is 15.3. The lowest BCUT2D eigenvalue weighted by Crippen LogP contribution is -2.45. The van der Waals surface area contributed by atoms with E-state index in [-0.39, 0.29) is 18.4 Å². The smallest absolute Gasteiger partial charge is 0.264 e. The fourth-order valence-electron chi connectivity index (χ4n) is 4.73. The summed E-state index contributed by atoms with van der Waals surface area (Å²) in [6, 6.07) is 5.82. The van der Waals surface area contributed by atoms with Crippen molar-refractivity contribution in [3.63, 3.8) is 0 Å². The molecule has 1 spiro atoms. The number of alkyl halides is 1. The molecule has 4 atom stereocenters. The lowest BCUT2D eigenvalue weighted by atomic mass is 9.71. The number of halogens is 2. The van der Waals surface area contributed by atoms with Gasteiger partial charge in [0.15, 0.2) is 5.60 Å². The minimum Gasteiger partial charge on any atom is -0.396 e. The van der Waals surface area contributed by atoms with Gasteiger partial charge in [-0.2, -0.15) is 0 Å². The van der Waals surface area contributed by atoms with Gasteiger partial charge in [0.25, 0.3) is 5.91 Å². The van der Waals surface area contributed by atoms with Gasteiger partial charge >= 0.3 is 0 Å². The molecule has 142 valence electrons. The molecule has 0 aromatic heterocycles. The van der Waals surface area contributed by atoms with Crippen molar-refractivity contribution >= 4 is 34.2 Å². The maximum Gasteiger partial charge on any atom is 0.264 e. The van der Waals surface area contributed by atoms with Crippen molar-refractivity contribution in [2.24, 2.45) is 11.8 Å². The van der Waals surface area contributed by atoms with Gasteiger partial charge in [0.2, 0.25) is 0 Å². The molecular formula is C20H25FINO3. The van der Waals surface area contributed by atoms with Crippen LogP contribution < -0.4 is 4.90 Å². The number of hydrogen-bond donors (Lipinski definition) is 1. The molecule has 1 aromatic carbocycles. The van der Waals surface area contributed by atoms with E-state index in [0.29, 0.717) is 13.0 Å². The molecule has 2 aliphatic rings. The van der Waals surface area contributed by atoms with Crippen molar-refractivity contribution in [1.82, 2.24) is 0 Å². The van der Waals surface area contributed by atoms with E-state index in [0.717, 1.165) is 14.8 Å². The second kappa shape index (κ2) is 6.87. The molecule has 26 heavy (non-hydrogen) atoms. The average molecular weight is 473 g/mol. The number of fused-ring (bicyclic) bond motifs is 2. The number of benzene rings is 1. The van der Waals surface area contributed by atoms with Crippen LogP contribution in [0.15, 0.2) is 30.9 Å². The Morgan fingerprint density at radius 3 is 2.77 bits per heavy atom. The first-order valence-corrected chi connectivity index (χ1v) is 9.96. The Labute approximate surface area is 167 Å². The van der Waals surface area contributed by atoms with Gasteiger partial charge in [0, 0.05) is 34.1 Å².